The van der Waals surface area contributed by atoms with Gasteiger partial charge < -0.3 is 14.8 Å². The van der Waals surface area contributed by atoms with Crippen LogP contribution < -0.4 is 20.3 Å². The summed E-state index contributed by atoms with van der Waals surface area (Å²) in [5.74, 6) is 1.00. The van der Waals surface area contributed by atoms with Crippen molar-refractivity contribution in [1.29, 1.82) is 0 Å². The van der Waals surface area contributed by atoms with Gasteiger partial charge in [-0.3, -0.25) is 14.0 Å². The molecule has 2 aromatic heterocycles. The average Bonchev–Trinajstić information content (AvgIpc) is 2.79. The number of benzene rings is 2. The Labute approximate surface area is 189 Å². The van der Waals surface area contributed by atoms with Crippen LogP contribution in [0.3, 0.4) is 0 Å². The molecule has 8 heteroatoms. The topological polar surface area (TPSA) is 81.9 Å². The molecule has 7 nitrogen and oxygen atoms in total. The molecule has 0 atom stereocenters. The van der Waals surface area contributed by atoms with Crippen molar-refractivity contribution in [3.63, 3.8) is 0 Å². The van der Waals surface area contributed by atoms with Gasteiger partial charge in [-0.05, 0) is 55.5 Å². The van der Waals surface area contributed by atoms with Crippen LogP contribution in [0, 0.1) is 0 Å². The number of aromatic nitrogens is 2. The lowest BCUT2D eigenvalue weighted by Gasteiger charge is -2.10. The summed E-state index contributed by atoms with van der Waals surface area (Å²) in [6.07, 6.45) is 1.52. The minimum Gasteiger partial charge on any atom is -0.494 e. The fourth-order valence-corrected chi connectivity index (χ4v) is 3.25. The highest BCUT2D eigenvalue weighted by atomic mass is 35.5. The predicted molar refractivity (Wildman–Crippen MR) is 123 cm³/mol. The van der Waals surface area contributed by atoms with Gasteiger partial charge in [0.15, 0.2) is 0 Å². The molecule has 0 fully saturated rings. The number of nitrogens with one attached hydrogen (secondary N) is 1. The van der Waals surface area contributed by atoms with Crippen LogP contribution in [0.15, 0.2) is 77.7 Å². The summed E-state index contributed by atoms with van der Waals surface area (Å²) >= 11 is 5.93. The molecule has 162 valence electrons. The molecule has 1 N–H and O–H groups in total. The zero-order valence-electron chi connectivity index (χ0n) is 17.2. The Hall–Kier alpha value is -3.84. The van der Waals surface area contributed by atoms with Crippen molar-refractivity contribution >= 4 is 28.8 Å². The van der Waals surface area contributed by atoms with Crippen molar-refractivity contribution in [3.05, 3.63) is 99.6 Å². The summed E-state index contributed by atoms with van der Waals surface area (Å²) in [6.45, 7) is 2.57. The highest BCUT2D eigenvalue weighted by Gasteiger charge is 2.08. The first-order valence-corrected chi connectivity index (χ1v) is 10.3. The maximum absolute atomic E-state index is 12.5. The smallest absolute Gasteiger partial charge is 0.258 e. The quantitative estimate of drug-likeness (QED) is 0.446. The number of fused-ring (bicyclic) bond motifs is 1. The molecule has 4 aromatic rings. The van der Waals surface area contributed by atoms with Gasteiger partial charge in [-0.2, -0.15) is 0 Å². The van der Waals surface area contributed by atoms with E-state index in [0.29, 0.717) is 45.7 Å². The van der Waals surface area contributed by atoms with E-state index in [2.05, 4.69) is 10.3 Å². The third-order valence-electron chi connectivity index (χ3n) is 4.58. The molecule has 2 heterocycles. The lowest BCUT2D eigenvalue weighted by molar-refractivity contribution is 0.102. The van der Waals surface area contributed by atoms with E-state index in [1.54, 1.807) is 60.7 Å². The van der Waals surface area contributed by atoms with Crippen molar-refractivity contribution < 1.29 is 14.3 Å². The molecular formula is C24H20ClN3O4. The Morgan fingerprint density at radius 1 is 1.03 bits per heavy atom. The van der Waals surface area contributed by atoms with E-state index >= 15 is 0 Å². The van der Waals surface area contributed by atoms with Crippen LogP contribution in [0.5, 0.6) is 11.5 Å². The molecule has 0 aliphatic rings. The van der Waals surface area contributed by atoms with Gasteiger partial charge in [0.25, 0.3) is 11.5 Å². The largest absolute Gasteiger partial charge is 0.494 e. The predicted octanol–water partition coefficient (Wildman–Crippen LogP) is 4.58. The van der Waals surface area contributed by atoms with Crippen LogP contribution in [0.1, 0.15) is 23.0 Å². The van der Waals surface area contributed by atoms with Gasteiger partial charge in [0.2, 0.25) is 0 Å². The molecule has 2 aromatic carbocycles. The van der Waals surface area contributed by atoms with Crippen LogP contribution in [0.4, 0.5) is 5.69 Å². The van der Waals surface area contributed by atoms with Gasteiger partial charge in [-0.15, -0.1) is 0 Å². The Kier molecular flexibility index (Phi) is 6.37. The van der Waals surface area contributed by atoms with Crippen molar-refractivity contribution in [2.45, 2.75) is 13.5 Å². The Morgan fingerprint density at radius 3 is 2.62 bits per heavy atom. The summed E-state index contributed by atoms with van der Waals surface area (Å²) in [5.41, 5.74) is 1.83. The molecule has 0 radical (unpaired) electrons. The Bertz CT molecular complexity index is 1320. The summed E-state index contributed by atoms with van der Waals surface area (Å²) in [7, 11) is 0. The van der Waals surface area contributed by atoms with E-state index < -0.39 is 0 Å². The number of amides is 1. The number of nitrogens with zero attached hydrogens (tertiary/aromatic N) is 2. The average molecular weight is 450 g/mol. The SMILES string of the molecule is CCOc1ccc(C(=O)Nc2cccc(OCc3cc(=O)n4cc(Cl)ccc4n3)c2)cc1. The summed E-state index contributed by atoms with van der Waals surface area (Å²) < 4.78 is 12.6. The molecule has 1 amide bonds. The van der Waals surface area contributed by atoms with E-state index in [9.17, 15) is 9.59 Å². The maximum Gasteiger partial charge on any atom is 0.258 e. The Balaban J connectivity index is 1.43. The zero-order valence-corrected chi connectivity index (χ0v) is 18.0. The standard InChI is InChI=1S/C24H20ClN3O4/c1-2-31-20-9-6-16(7-10-20)24(30)27-18-4-3-5-21(12-18)32-15-19-13-23(29)28-14-17(25)8-11-22(28)26-19/h3-14H,2,15H2,1H3,(H,27,30). The van der Waals surface area contributed by atoms with Crippen LogP contribution in [-0.2, 0) is 6.61 Å². The number of rotatable bonds is 7. The first kappa shape index (κ1) is 21.4. The maximum atomic E-state index is 12.5. The number of carbonyl (C=O) groups is 1. The fraction of sp³-hybridized carbons (Fsp3) is 0.125. The van der Waals surface area contributed by atoms with Gasteiger partial charge in [-0.1, -0.05) is 17.7 Å². The van der Waals surface area contributed by atoms with Gasteiger partial charge in [0.1, 0.15) is 23.8 Å². The molecule has 0 spiro atoms. The highest BCUT2D eigenvalue weighted by Crippen LogP contribution is 2.20. The van der Waals surface area contributed by atoms with E-state index in [4.69, 9.17) is 21.1 Å². The zero-order chi connectivity index (χ0) is 22.5. The minimum absolute atomic E-state index is 0.102. The first-order chi connectivity index (χ1) is 15.5. The van der Waals surface area contributed by atoms with Crippen molar-refractivity contribution in [1.82, 2.24) is 9.38 Å². The lowest BCUT2D eigenvalue weighted by atomic mass is 10.2. The number of ether oxygens (including phenoxy) is 2. The monoisotopic (exact) mass is 449 g/mol. The normalized spacial score (nSPS) is 10.7. The summed E-state index contributed by atoms with van der Waals surface area (Å²) in [5, 5.41) is 3.30. The number of hydrogen-bond acceptors (Lipinski definition) is 5. The van der Waals surface area contributed by atoms with Crippen molar-refractivity contribution in [2.75, 3.05) is 11.9 Å². The van der Waals surface area contributed by atoms with Crippen LogP contribution in [0.25, 0.3) is 5.65 Å². The number of carbonyl (C=O) groups excluding carboxylic acids is 1. The summed E-state index contributed by atoms with van der Waals surface area (Å²) in [4.78, 5) is 29.2. The third kappa shape index (κ3) is 5.07. The van der Waals surface area contributed by atoms with E-state index in [1.165, 1.54) is 16.7 Å². The van der Waals surface area contributed by atoms with Gasteiger partial charge in [-0.25, -0.2) is 4.98 Å². The number of halogens is 1. The van der Waals surface area contributed by atoms with Crippen molar-refractivity contribution in [2.24, 2.45) is 0 Å². The number of pyridine rings is 1. The molecule has 0 saturated carbocycles. The van der Waals surface area contributed by atoms with Crippen molar-refractivity contribution in [3.8, 4) is 11.5 Å². The molecule has 0 bridgehead atoms. The van der Waals surface area contributed by atoms with Gasteiger partial charge in [0.05, 0.1) is 17.3 Å². The second kappa shape index (κ2) is 9.53. The first-order valence-electron chi connectivity index (χ1n) is 9.97. The second-order valence-electron chi connectivity index (χ2n) is 6.89. The molecule has 0 saturated heterocycles. The molecule has 4 rings (SSSR count). The Morgan fingerprint density at radius 2 is 1.84 bits per heavy atom. The minimum atomic E-state index is -0.243. The second-order valence-corrected chi connectivity index (χ2v) is 7.33. The molecule has 0 unspecified atom stereocenters. The number of anilines is 1. The van der Waals surface area contributed by atoms with Crippen LogP contribution in [0.2, 0.25) is 5.02 Å². The van der Waals surface area contributed by atoms with Gasteiger partial charge in [0, 0.05) is 29.6 Å². The lowest BCUT2D eigenvalue weighted by Crippen LogP contribution is -2.16. The number of hydrogen-bond donors (Lipinski definition) is 1. The van der Waals surface area contributed by atoms with E-state index in [1.807, 2.05) is 6.92 Å². The van der Waals surface area contributed by atoms with E-state index in [0.717, 1.165) is 0 Å². The van der Waals surface area contributed by atoms with Crippen LogP contribution >= 0.6 is 11.6 Å². The molecule has 32 heavy (non-hydrogen) atoms. The fourth-order valence-electron chi connectivity index (χ4n) is 3.09. The van der Waals surface area contributed by atoms with Crippen LogP contribution in [-0.4, -0.2) is 21.9 Å². The molecular weight excluding hydrogens is 430 g/mol. The molecule has 0 aliphatic carbocycles. The summed E-state index contributed by atoms with van der Waals surface area (Å²) in [6, 6.07) is 18.7. The molecule has 0 aliphatic heterocycles. The third-order valence-corrected chi connectivity index (χ3v) is 4.81. The highest BCUT2D eigenvalue weighted by molar-refractivity contribution is 6.30. The van der Waals surface area contributed by atoms with Gasteiger partial charge >= 0.3 is 0 Å². The van der Waals surface area contributed by atoms with E-state index in [-0.39, 0.29) is 18.1 Å².